The number of carbonyl (C=O) groups excluding carboxylic acids is 1. The van der Waals surface area contributed by atoms with Gasteiger partial charge in [-0.1, -0.05) is 20.8 Å². The predicted molar refractivity (Wildman–Crippen MR) is 104 cm³/mol. The quantitative estimate of drug-likeness (QED) is 0.791. The Kier molecular flexibility index (Phi) is 5.58. The van der Waals surface area contributed by atoms with Crippen molar-refractivity contribution >= 4 is 27.3 Å². The Morgan fingerprint density at radius 3 is 2.38 bits per heavy atom. The summed E-state index contributed by atoms with van der Waals surface area (Å²) in [5, 5.41) is 3.00. The maximum Gasteiger partial charge on any atom is 0.243 e. The fourth-order valence-corrected chi connectivity index (χ4v) is 5.12. The minimum atomic E-state index is -3.55. The van der Waals surface area contributed by atoms with Gasteiger partial charge >= 0.3 is 0 Å². The number of nitrogens with zero attached hydrogens (tertiary/aromatic N) is 2. The van der Waals surface area contributed by atoms with E-state index < -0.39 is 10.0 Å². The Labute approximate surface area is 156 Å². The van der Waals surface area contributed by atoms with Crippen LogP contribution in [0.1, 0.15) is 40.0 Å². The van der Waals surface area contributed by atoms with Crippen LogP contribution in [0.25, 0.3) is 0 Å². The molecular weight excluding hydrogens is 350 g/mol. The van der Waals surface area contributed by atoms with E-state index in [1.807, 2.05) is 19.9 Å². The minimum absolute atomic E-state index is 0.00432. The maximum absolute atomic E-state index is 12.9. The van der Waals surface area contributed by atoms with Crippen molar-refractivity contribution in [2.75, 3.05) is 36.4 Å². The van der Waals surface area contributed by atoms with Crippen LogP contribution in [0.15, 0.2) is 23.1 Å². The first-order valence-electron chi connectivity index (χ1n) is 9.58. The molecule has 2 aliphatic rings. The van der Waals surface area contributed by atoms with E-state index in [2.05, 4.69) is 17.1 Å². The van der Waals surface area contributed by atoms with Crippen molar-refractivity contribution in [1.82, 2.24) is 4.31 Å². The predicted octanol–water partition coefficient (Wildman–Crippen LogP) is 2.91. The fraction of sp³-hybridized carbons (Fsp3) is 0.632. The van der Waals surface area contributed by atoms with Crippen LogP contribution in [-0.2, 0) is 14.8 Å². The molecule has 1 aliphatic heterocycles. The lowest BCUT2D eigenvalue weighted by molar-refractivity contribution is -0.117. The molecule has 1 N–H and O–H groups in total. The van der Waals surface area contributed by atoms with Gasteiger partial charge in [0.15, 0.2) is 0 Å². The number of rotatable bonds is 7. The van der Waals surface area contributed by atoms with E-state index in [0.717, 1.165) is 38.0 Å². The Morgan fingerprint density at radius 1 is 1.23 bits per heavy atom. The molecule has 2 atom stereocenters. The van der Waals surface area contributed by atoms with Gasteiger partial charge in [-0.05, 0) is 43.4 Å². The highest BCUT2D eigenvalue weighted by Gasteiger charge is 2.39. The van der Waals surface area contributed by atoms with Gasteiger partial charge in [0, 0.05) is 32.1 Å². The van der Waals surface area contributed by atoms with Gasteiger partial charge in [-0.25, -0.2) is 8.42 Å². The molecule has 1 aromatic carbocycles. The van der Waals surface area contributed by atoms with Crippen molar-refractivity contribution in [3.05, 3.63) is 18.2 Å². The van der Waals surface area contributed by atoms with Crippen molar-refractivity contribution in [1.29, 1.82) is 0 Å². The van der Waals surface area contributed by atoms with E-state index in [-0.39, 0.29) is 16.7 Å². The maximum atomic E-state index is 12.9. The summed E-state index contributed by atoms with van der Waals surface area (Å²) >= 11 is 0. The number of carbonyl (C=O) groups is 1. The first-order chi connectivity index (χ1) is 12.4. The molecular formula is C19H29N3O3S. The summed E-state index contributed by atoms with van der Waals surface area (Å²) < 4.78 is 27.2. The number of nitrogens with one attached hydrogen (secondary N) is 1. The molecule has 1 aliphatic carbocycles. The van der Waals surface area contributed by atoms with Crippen molar-refractivity contribution in [3.8, 4) is 0 Å². The second-order valence-electron chi connectivity index (χ2n) is 7.27. The van der Waals surface area contributed by atoms with Crippen LogP contribution in [0, 0.1) is 11.8 Å². The molecule has 0 bridgehead atoms. The largest absolute Gasteiger partial charge is 0.370 e. The molecule has 0 radical (unpaired) electrons. The third-order valence-corrected chi connectivity index (χ3v) is 7.51. The zero-order valence-electron chi connectivity index (χ0n) is 15.9. The standard InChI is InChI=1S/C19H29N3O3S/c1-4-22(5-2)26(24,25)15-8-9-18(21-10-6-7-11-21)17(13-15)20-19(23)16-12-14(16)3/h8-9,13-14,16H,4-7,10-12H2,1-3H3,(H,20,23). The molecule has 1 aromatic rings. The van der Waals surface area contributed by atoms with Crippen LogP contribution in [0.2, 0.25) is 0 Å². The van der Waals surface area contributed by atoms with E-state index in [1.54, 1.807) is 12.1 Å². The van der Waals surface area contributed by atoms with E-state index >= 15 is 0 Å². The van der Waals surface area contributed by atoms with Crippen molar-refractivity contribution in [3.63, 3.8) is 0 Å². The fourth-order valence-electron chi connectivity index (χ4n) is 3.63. The summed E-state index contributed by atoms with van der Waals surface area (Å²) in [6.45, 7) is 8.44. The first kappa shape index (κ1) is 19.2. The summed E-state index contributed by atoms with van der Waals surface area (Å²) in [5.41, 5.74) is 1.53. The van der Waals surface area contributed by atoms with E-state index in [9.17, 15) is 13.2 Å². The minimum Gasteiger partial charge on any atom is -0.370 e. The van der Waals surface area contributed by atoms with E-state index in [0.29, 0.717) is 24.7 Å². The lowest BCUT2D eigenvalue weighted by atomic mass is 10.2. The van der Waals surface area contributed by atoms with Crippen LogP contribution in [0.3, 0.4) is 0 Å². The molecule has 144 valence electrons. The number of anilines is 2. The third-order valence-electron chi connectivity index (χ3n) is 5.46. The molecule has 1 saturated heterocycles. The molecule has 7 heteroatoms. The third kappa shape index (κ3) is 3.74. The van der Waals surface area contributed by atoms with Gasteiger partial charge in [0.05, 0.1) is 16.3 Å². The average molecular weight is 380 g/mol. The first-order valence-corrected chi connectivity index (χ1v) is 11.0. The summed E-state index contributed by atoms with van der Waals surface area (Å²) in [6.07, 6.45) is 3.14. The highest BCUT2D eigenvalue weighted by atomic mass is 32.2. The van der Waals surface area contributed by atoms with Gasteiger partial charge in [-0.2, -0.15) is 4.31 Å². The Hall–Kier alpha value is -1.60. The zero-order chi connectivity index (χ0) is 18.9. The summed E-state index contributed by atoms with van der Waals surface area (Å²) in [7, 11) is -3.55. The van der Waals surface area contributed by atoms with Gasteiger partial charge in [0.25, 0.3) is 0 Å². The molecule has 6 nitrogen and oxygen atoms in total. The lowest BCUT2D eigenvalue weighted by Crippen LogP contribution is -2.31. The van der Waals surface area contributed by atoms with Crippen LogP contribution in [0.4, 0.5) is 11.4 Å². The van der Waals surface area contributed by atoms with E-state index in [4.69, 9.17) is 0 Å². The molecule has 3 rings (SSSR count). The highest BCUT2D eigenvalue weighted by molar-refractivity contribution is 7.89. The molecule has 2 unspecified atom stereocenters. The molecule has 1 heterocycles. The van der Waals surface area contributed by atoms with Crippen LogP contribution in [0.5, 0.6) is 0 Å². The normalized spacial score (nSPS) is 22.7. The van der Waals surface area contributed by atoms with Gasteiger partial charge in [0.1, 0.15) is 0 Å². The zero-order valence-corrected chi connectivity index (χ0v) is 16.7. The summed E-state index contributed by atoms with van der Waals surface area (Å²) in [4.78, 5) is 14.9. The van der Waals surface area contributed by atoms with Gasteiger partial charge < -0.3 is 10.2 Å². The number of benzene rings is 1. The number of hydrogen-bond acceptors (Lipinski definition) is 4. The molecule has 26 heavy (non-hydrogen) atoms. The Bertz CT molecular complexity index is 768. The van der Waals surface area contributed by atoms with Crippen molar-refractivity contribution in [2.45, 2.75) is 44.9 Å². The number of hydrogen-bond donors (Lipinski definition) is 1. The Balaban J connectivity index is 1.95. The monoisotopic (exact) mass is 379 g/mol. The van der Waals surface area contributed by atoms with Gasteiger partial charge in [-0.3, -0.25) is 4.79 Å². The summed E-state index contributed by atoms with van der Waals surface area (Å²) in [6, 6.07) is 5.14. The SMILES string of the molecule is CCN(CC)S(=O)(=O)c1ccc(N2CCCC2)c(NC(=O)C2CC2C)c1. The molecule has 0 aromatic heterocycles. The van der Waals surface area contributed by atoms with Crippen molar-refractivity contribution in [2.24, 2.45) is 11.8 Å². The van der Waals surface area contributed by atoms with Crippen LogP contribution in [-0.4, -0.2) is 44.8 Å². The number of sulfonamides is 1. The van der Waals surface area contributed by atoms with Crippen molar-refractivity contribution < 1.29 is 13.2 Å². The summed E-state index contributed by atoms with van der Waals surface area (Å²) in [5.74, 6) is 0.452. The Morgan fingerprint density at radius 2 is 1.85 bits per heavy atom. The lowest BCUT2D eigenvalue weighted by Gasteiger charge is -2.24. The second kappa shape index (κ2) is 7.56. The molecule has 2 fully saturated rings. The topological polar surface area (TPSA) is 69.7 Å². The molecule has 1 saturated carbocycles. The smallest absolute Gasteiger partial charge is 0.243 e. The molecule has 1 amide bonds. The van der Waals surface area contributed by atoms with E-state index in [1.165, 1.54) is 4.31 Å². The van der Waals surface area contributed by atoms with Crippen LogP contribution < -0.4 is 10.2 Å². The van der Waals surface area contributed by atoms with Gasteiger partial charge in [0.2, 0.25) is 15.9 Å². The average Bonchev–Trinajstić information content (AvgIpc) is 3.11. The van der Waals surface area contributed by atoms with Crippen LogP contribution >= 0.6 is 0 Å². The molecule has 0 spiro atoms. The number of amides is 1. The second-order valence-corrected chi connectivity index (χ2v) is 9.21. The highest BCUT2D eigenvalue weighted by Crippen LogP contribution is 2.40. The van der Waals surface area contributed by atoms with Gasteiger partial charge in [-0.15, -0.1) is 0 Å².